The van der Waals surface area contributed by atoms with Crippen molar-refractivity contribution >= 4 is 11.8 Å². The van der Waals surface area contributed by atoms with Gasteiger partial charge in [0.15, 0.2) is 0 Å². The summed E-state index contributed by atoms with van der Waals surface area (Å²) >= 11 is 0. The zero-order chi connectivity index (χ0) is 9.97. The maximum absolute atomic E-state index is 10.8. The van der Waals surface area contributed by atoms with Crippen molar-refractivity contribution in [3.63, 3.8) is 0 Å². The van der Waals surface area contributed by atoms with E-state index in [0.717, 1.165) is 5.56 Å². The minimum Gasteiger partial charge on any atom is -0.476 e. The molecule has 0 fully saturated rings. The summed E-state index contributed by atoms with van der Waals surface area (Å²) in [5.74, 6) is 0.215. The van der Waals surface area contributed by atoms with Crippen LogP contribution in [0.15, 0.2) is 29.3 Å². The van der Waals surface area contributed by atoms with Gasteiger partial charge in [-0.15, -0.1) is 0 Å². The molecule has 0 spiro atoms. The topological polar surface area (TPSA) is 64.7 Å². The van der Waals surface area contributed by atoms with Gasteiger partial charge in [0.1, 0.15) is 6.61 Å². The Hall–Kier alpha value is -1.84. The van der Waals surface area contributed by atoms with Gasteiger partial charge in [-0.25, -0.2) is 4.99 Å². The number of benzene rings is 1. The van der Waals surface area contributed by atoms with Gasteiger partial charge >= 0.3 is 0 Å². The summed E-state index contributed by atoms with van der Waals surface area (Å²) in [5, 5.41) is 0. The van der Waals surface area contributed by atoms with Gasteiger partial charge < -0.3 is 10.5 Å². The van der Waals surface area contributed by atoms with Crippen LogP contribution in [0.4, 0.5) is 0 Å². The molecule has 72 valence electrons. The molecular formula is C10H10N2O2. The van der Waals surface area contributed by atoms with Crippen LogP contribution >= 0.6 is 0 Å². The number of nitrogens with two attached hydrogens (primary N) is 1. The number of rotatable bonds is 2. The Kier molecular flexibility index (Phi) is 2.18. The minimum absolute atomic E-state index is 0.425. The van der Waals surface area contributed by atoms with Crippen LogP contribution in [0.1, 0.15) is 15.9 Å². The summed E-state index contributed by atoms with van der Waals surface area (Å²) in [5.41, 5.74) is 6.49. The van der Waals surface area contributed by atoms with Gasteiger partial charge in [-0.3, -0.25) is 4.79 Å². The first-order chi connectivity index (χ1) is 6.77. The number of amides is 1. The second-order valence-electron chi connectivity index (χ2n) is 2.98. The molecule has 1 amide bonds. The molecule has 0 aliphatic carbocycles. The fourth-order valence-corrected chi connectivity index (χ4v) is 1.29. The fourth-order valence-electron chi connectivity index (χ4n) is 1.29. The molecule has 0 saturated carbocycles. The second-order valence-corrected chi connectivity index (χ2v) is 2.98. The molecule has 1 aromatic carbocycles. The Bertz CT molecular complexity index is 382. The summed E-state index contributed by atoms with van der Waals surface area (Å²) in [6.45, 7) is 1.33. The first-order valence-corrected chi connectivity index (χ1v) is 4.35. The molecule has 1 aromatic rings. The van der Waals surface area contributed by atoms with Gasteiger partial charge in [-0.05, 0) is 24.3 Å². The van der Waals surface area contributed by atoms with Gasteiger partial charge in [-0.1, -0.05) is 0 Å². The van der Waals surface area contributed by atoms with Crippen molar-refractivity contribution in [1.29, 1.82) is 0 Å². The van der Waals surface area contributed by atoms with E-state index in [4.69, 9.17) is 10.5 Å². The standard InChI is InChI=1S/C10H10N2O2/c11-9(13)7-1-3-8(4-2-7)10-12-5-6-14-10/h1-4H,5-6H2,(H2,11,13). The van der Waals surface area contributed by atoms with Gasteiger partial charge in [0.05, 0.1) is 6.54 Å². The molecular weight excluding hydrogens is 180 g/mol. The molecule has 2 N–H and O–H groups in total. The fraction of sp³-hybridized carbons (Fsp3) is 0.200. The number of hydrogen-bond acceptors (Lipinski definition) is 3. The first-order valence-electron chi connectivity index (χ1n) is 4.35. The number of hydrogen-bond donors (Lipinski definition) is 1. The monoisotopic (exact) mass is 190 g/mol. The minimum atomic E-state index is -0.425. The molecule has 1 aliphatic rings. The lowest BCUT2D eigenvalue weighted by atomic mass is 10.1. The number of nitrogens with zero attached hydrogens (tertiary/aromatic N) is 1. The van der Waals surface area contributed by atoms with E-state index in [1.165, 1.54) is 0 Å². The molecule has 0 aromatic heterocycles. The summed E-state index contributed by atoms with van der Waals surface area (Å²) in [4.78, 5) is 15.0. The molecule has 4 heteroatoms. The Morgan fingerprint density at radius 3 is 2.57 bits per heavy atom. The van der Waals surface area contributed by atoms with E-state index in [1.54, 1.807) is 24.3 Å². The van der Waals surface area contributed by atoms with Crippen molar-refractivity contribution in [2.24, 2.45) is 10.7 Å². The first kappa shape index (κ1) is 8.74. The number of carbonyl (C=O) groups excluding carboxylic acids is 1. The Balaban J connectivity index is 2.25. The molecule has 1 heterocycles. The number of ether oxygens (including phenoxy) is 1. The number of primary amides is 1. The average molecular weight is 190 g/mol. The summed E-state index contributed by atoms with van der Waals surface area (Å²) < 4.78 is 5.27. The Labute approximate surface area is 81.4 Å². The molecule has 0 bridgehead atoms. The number of carbonyl (C=O) groups is 1. The van der Waals surface area contributed by atoms with E-state index >= 15 is 0 Å². The van der Waals surface area contributed by atoms with Crippen LogP contribution in [0.25, 0.3) is 0 Å². The van der Waals surface area contributed by atoms with Crippen molar-refractivity contribution in [3.05, 3.63) is 35.4 Å². The molecule has 14 heavy (non-hydrogen) atoms. The van der Waals surface area contributed by atoms with E-state index in [1.807, 2.05) is 0 Å². The lowest BCUT2D eigenvalue weighted by Crippen LogP contribution is -2.11. The third-order valence-electron chi connectivity index (χ3n) is 2.00. The zero-order valence-corrected chi connectivity index (χ0v) is 7.56. The quantitative estimate of drug-likeness (QED) is 0.740. The third kappa shape index (κ3) is 1.59. The van der Waals surface area contributed by atoms with Gasteiger partial charge in [-0.2, -0.15) is 0 Å². The van der Waals surface area contributed by atoms with Crippen LogP contribution in [0.3, 0.4) is 0 Å². The van der Waals surface area contributed by atoms with Crippen molar-refractivity contribution in [1.82, 2.24) is 0 Å². The van der Waals surface area contributed by atoms with E-state index < -0.39 is 5.91 Å². The summed E-state index contributed by atoms with van der Waals surface area (Å²) in [6.07, 6.45) is 0. The molecule has 0 unspecified atom stereocenters. The maximum Gasteiger partial charge on any atom is 0.248 e. The smallest absolute Gasteiger partial charge is 0.248 e. The largest absolute Gasteiger partial charge is 0.476 e. The highest BCUT2D eigenvalue weighted by Gasteiger charge is 2.10. The van der Waals surface area contributed by atoms with E-state index in [9.17, 15) is 4.79 Å². The van der Waals surface area contributed by atoms with Crippen molar-refractivity contribution in [2.45, 2.75) is 0 Å². The average Bonchev–Trinajstić information content (AvgIpc) is 2.71. The zero-order valence-electron chi connectivity index (χ0n) is 7.56. The highest BCUT2D eigenvalue weighted by atomic mass is 16.5. The Morgan fingerprint density at radius 1 is 1.36 bits per heavy atom. The molecule has 4 nitrogen and oxygen atoms in total. The lowest BCUT2D eigenvalue weighted by molar-refractivity contribution is 0.100. The van der Waals surface area contributed by atoms with Crippen molar-refractivity contribution < 1.29 is 9.53 Å². The predicted octanol–water partition coefficient (Wildman–Crippen LogP) is 0.562. The summed E-state index contributed by atoms with van der Waals surface area (Å²) in [6, 6.07) is 6.90. The summed E-state index contributed by atoms with van der Waals surface area (Å²) in [7, 11) is 0. The van der Waals surface area contributed by atoms with Crippen LogP contribution in [0, 0.1) is 0 Å². The molecule has 2 rings (SSSR count). The van der Waals surface area contributed by atoms with Crippen LogP contribution in [-0.4, -0.2) is 25.0 Å². The van der Waals surface area contributed by atoms with E-state index in [-0.39, 0.29) is 0 Å². The van der Waals surface area contributed by atoms with Crippen LogP contribution < -0.4 is 5.73 Å². The highest BCUT2D eigenvalue weighted by Crippen LogP contribution is 2.09. The molecule has 1 aliphatic heterocycles. The van der Waals surface area contributed by atoms with Gasteiger partial charge in [0, 0.05) is 11.1 Å². The third-order valence-corrected chi connectivity index (χ3v) is 2.00. The molecule has 0 radical (unpaired) electrons. The highest BCUT2D eigenvalue weighted by molar-refractivity contribution is 5.97. The van der Waals surface area contributed by atoms with Crippen LogP contribution in [-0.2, 0) is 4.74 Å². The predicted molar refractivity (Wildman–Crippen MR) is 52.3 cm³/mol. The second kappa shape index (κ2) is 3.49. The van der Waals surface area contributed by atoms with Crippen LogP contribution in [0.2, 0.25) is 0 Å². The Morgan fingerprint density at radius 2 is 2.07 bits per heavy atom. The van der Waals surface area contributed by atoms with E-state index in [0.29, 0.717) is 24.6 Å². The van der Waals surface area contributed by atoms with Crippen LogP contribution in [0.5, 0.6) is 0 Å². The molecule has 0 saturated heterocycles. The van der Waals surface area contributed by atoms with Gasteiger partial charge in [0.25, 0.3) is 0 Å². The lowest BCUT2D eigenvalue weighted by Gasteiger charge is -2.01. The van der Waals surface area contributed by atoms with Gasteiger partial charge in [0.2, 0.25) is 11.8 Å². The maximum atomic E-state index is 10.8. The normalized spacial score (nSPS) is 14.7. The SMILES string of the molecule is NC(=O)c1ccc(C2=NCCO2)cc1. The number of aliphatic imine (C=N–C) groups is 1. The molecule has 0 atom stereocenters. The van der Waals surface area contributed by atoms with E-state index in [2.05, 4.69) is 4.99 Å². The van der Waals surface area contributed by atoms with Crippen molar-refractivity contribution in [3.8, 4) is 0 Å². The van der Waals surface area contributed by atoms with Crippen molar-refractivity contribution in [2.75, 3.05) is 13.2 Å².